The molecule has 0 aromatic heterocycles. The first-order chi connectivity index (χ1) is 8.31. The van der Waals surface area contributed by atoms with Gasteiger partial charge in [-0.25, -0.2) is 0 Å². The number of likely N-dealkylation sites (N-methyl/N-ethyl adjacent to an activating group) is 1. The second-order valence-electron chi connectivity index (χ2n) is 5.21. The summed E-state index contributed by atoms with van der Waals surface area (Å²) >= 11 is 0. The highest BCUT2D eigenvalue weighted by molar-refractivity contribution is 5.14. The molecular weight excluding hydrogens is 208 g/mol. The molecule has 1 aliphatic rings. The van der Waals surface area contributed by atoms with Crippen LogP contribution >= 0.6 is 0 Å². The Morgan fingerprint density at radius 3 is 2.53 bits per heavy atom. The predicted octanol–water partition coefficient (Wildman–Crippen LogP) is 2.29. The van der Waals surface area contributed by atoms with Crippen LogP contribution in [0.4, 0.5) is 0 Å². The summed E-state index contributed by atoms with van der Waals surface area (Å²) in [5.41, 5.74) is 7.33. The lowest BCUT2D eigenvalue weighted by Gasteiger charge is -2.38. The molecule has 2 N–H and O–H groups in total. The van der Waals surface area contributed by atoms with Crippen LogP contribution in [0.5, 0.6) is 0 Å². The van der Waals surface area contributed by atoms with Crippen LogP contribution in [-0.2, 0) is 6.42 Å². The fraction of sp³-hybridized carbons (Fsp3) is 0.600. The molecule has 1 fully saturated rings. The molecule has 0 spiro atoms. The Bertz CT molecular complexity index is 319. The largest absolute Gasteiger partial charge is 0.329 e. The van der Waals surface area contributed by atoms with E-state index in [1.54, 1.807) is 0 Å². The van der Waals surface area contributed by atoms with Crippen molar-refractivity contribution in [1.29, 1.82) is 0 Å². The molecule has 0 aliphatic heterocycles. The van der Waals surface area contributed by atoms with Crippen LogP contribution in [0, 0.1) is 5.92 Å². The van der Waals surface area contributed by atoms with Gasteiger partial charge in [0.25, 0.3) is 0 Å². The number of nitrogens with two attached hydrogens (primary N) is 1. The lowest BCUT2D eigenvalue weighted by molar-refractivity contribution is 0.125. The molecule has 0 saturated heterocycles. The molecule has 0 radical (unpaired) electrons. The van der Waals surface area contributed by atoms with Crippen molar-refractivity contribution >= 4 is 0 Å². The van der Waals surface area contributed by atoms with E-state index in [-0.39, 0.29) is 0 Å². The molecule has 0 bridgehead atoms. The maximum atomic E-state index is 5.91. The number of hydrogen-bond acceptors (Lipinski definition) is 2. The van der Waals surface area contributed by atoms with Gasteiger partial charge < -0.3 is 10.6 Å². The minimum absolute atomic E-state index is 0.590. The summed E-state index contributed by atoms with van der Waals surface area (Å²) in [6, 6.07) is 11.3. The van der Waals surface area contributed by atoms with E-state index < -0.39 is 0 Å². The van der Waals surface area contributed by atoms with Gasteiger partial charge in [-0.2, -0.15) is 0 Å². The third-order valence-electron chi connectivity index (χ3n) is 4.10. The van der Waals surface area contributed by atoms with Gasteiger partial charge >= 0.3 is 0 Å². The third kappa shape index (κ3) is 3.30. The highest BCUT2D eigenvalue weighted by Gasteiger charge is 2.28. The normalized spacial score (nSPS) is 18.1. The van der Waals surface area contributed by atoms with E-state index in [9.17, 15) is 0 Å². The Balaban J connectivity index is 1.81. The van der Waals surface area contributed by atoms with Crippen molar-refractivity contribution < 1.29 is 0 Å². The van der Waals surface area contributed by atoms with Crippen LogP contribution in [0.15, 0.2) is 30.3 Å². The first kappa shape index (κ1) is 12.6. The summed E-state index contributed by atoms with van der Waals surface area (Å²) in [5, 5.41) is 0. The number of rotatable bonds is 6. The van der Waals surface area contributed by atoms with Gasteiger partial charge in [-0.15, -0.1) is 0 Å². The van der Waals surface area contributed by atoms with Crippen LogP contribution in [0.2, 0.25) is 0 Å². The van der Waals surface area contributed by atoms with E-state index in [0.29, 0.717) is 6.04 Å². The average molecular weight is 232 g/mol. The standard InChI is InChI=1S/C15H24N2/c1-17(15(12-16)14-8-5-9-14)11-10-13-6-3-2-4-7-13/h2-4,6-7,14-15H,5,8-12,16H2,1H3. The Labute approximate surface area is 105 Å². The topological polar surface area (TPSA) is 29.3 Å². The molecule has 1 aromatic rings. The molecule has 2 nitrogen and oxygen atoms in total. The van der Waals surface area contributed by atoms with Crippen LogP contribution in [0.3, 0.4) is 0 Å². The van der Waals surface area contributed by atoms with E-state index in [0.717, 1.165) is 25.4 Å². The van der Waals surface area contributed by atoms with Crippen molar-refractivity contribution in [1.82, 2.24) is 4.90 Å². The van der Waals surface area contributed by atoms with Crippen LogP contribution < -0.4 is 5.73 Å². The summed E-state index contributed by atoms with van der Waals surface area (Å²) in [7, 11) is 2.22. The number of benzene rings is 1. The first-order valence-electron chi connectivity index (χ1n) is 6.75. The molecule has 0 heterocycles. The SMILES string of the molecule is CN(CCc1ccccc1)C(CN)C1CCC1. The van der Waals surface area contributed by atoms with Gasteiger partial charge in [0, 0.05) is 19.1 Å². The smallest absolute Gasteiger partial charge is 0.0243 e. The summed E-state index contributed by atoms with van der Waals surface area (Å²) < 4.78 is 0. The number of nitrogens with zero attached hydrogens (tertiary/aromatic N) is 1. The van der Waals surface area contributed by atoms with Crippen LogP contribution in [0.25, 0.3) is 0 Å². The summed E-state index contributed by atoms with van der Waals surface area (Å²) in [5.74, 6) is 0.848. The van der Waals surface area contributed by atoms with Crippen molar-refractivity contribution in [3.05, 3.63) is 35.9 Å². The van der Waals surface area contributed by atoms with E-state index >= 15 is 0 Å². The van der Waals surface area contributed by atoms with E-state index in [1.807, 2.05) is 0 Å². The fourth-order valence-corrected chi connectivity index (χ4v) is 2.67. The van der Waals surface area contributed by atoms with Crippen molar-refractivity contribution in [2.75, 3.05) is 20.1 Å². The molecule has 2 rings (SSSR count). The van der Waals surface area contributed by atoms with Crippen molar-refractivity contribution in [3.8, 4) is 0 Å². The molecule has 1 atom stereocenters. The highest BCUT2D eigenvalue weighted by Crippen LogP contribution is 2.31. The Hall–Kier alpha value is -0.860. The minimum Gasteiger partial charge on any atom is -0.329 e. The molecule has 2 heteroatoms. The van der Waals surface area contributed by atoms with Gasteiger partial charge in [-0.05, 0) is 37.8 Å². The molecular formula is C15H24N2. The molecule has 1 saturated carbocycles. The lowest BCUT2D eigenvalue weighted by atomic mass is 9.79. The van der Waals surface area contributed by atoms with E-state index in [4.69, 9.17) is 5.73 Å². The average Bonchev–Trinajstić information content (AvgIpc) is 2.31. The fourth-order valence-electron chi connectivity index (χ4n) is 2.67. The van der Waals surface area contributed by atoms with Gasteiger partial charge in [0.05, 0.1) is 0 Å². The van der Waals surface area contributed by atoms with Gasteiger partial charge in [0.1, 0.15) is 0 Å². The van der Waals surface area contributed by atoms with E-state index in [2.05, 4.69) is 42.3 Å². The Morgan fingerprint density at radius 1 is 1.29 bits per heavy atom. The molecule has 1 aromatic carbocycles. The molecule has 1 unspecified atom stereocenters. The van der Waals surface area contributed by atoms with E-state index in [1.165, 1.54) is 24.8 Å². The minimum atomic E-state index is 0.590. The maximum absolute atomic E-state index is 5.91. The van der Waals surface area contributed by atoms with Crippen molar-refractivity contribution in [2.45, 2.75) is 31.7 Å². The zero-order valence-electron chi connectivity index (χ0n) is 10.8. The van der Waals surface area contributed by atoms with Crippen molar-refractivity contribution in [2.24, 2.45) is 11.7 Å². The second-order valence-corrected chi connectivity index (χ2v) is 5.21. The zero-order valence-corrected chi connectivity index (χ0v) is 10.8. The van der Waals surface area contributed by atoms with Crippen LogP contribution in [0.1, 0.15) is 24.8 Å². The summed E-state index contributed by atoms with van der Waals surface area (Å²) in [6.07, 6.45) is 5.27. The Morgan fingerprint density at radius 2 is 2.00 bits per heavy atom. The maximum Gasteiger partial charge on any atom is 0.0243 e. The van der Waals surface area contributed by atoms with Gasteiger partial charge in [-0.1, -0.05) is 36.8 Å². The lowest BCUT2D eigenvalue weighted by Crippen LogP contribution is -2.46. The molecule has 17 heavy (non-hydrogen) atoms. The molecule has 94 valence electrons. The quantitative estimate of drug-likeness (QED) is 0.815. The third-order valence-corrected chi connectivity index (χ3v) is 4.10. The zero-order chi connectivity index (χ0) is 12.1. The molecule has 1 aliphatic carbocycles. The van der Waals surface area contributed by atoms with Gasteiger partial charge in [0.2, 0.25) is 0 Å². The van der Waals surface area contributed by atoms with Gasteiger partial charge in [-0.3, -0.25) is 0 Å². The molecule has 0 amide bonds. The van der Waals surface area contributed by atoms with Gasteiger partial charge in [0.15, 0.2) is 0 Å². The van der Waals surface area contributed by atoms with Crippen LogP contribution in [-0.4, -0.2) is 31.1 Å². The summed E-state index contributed by atoms with van der Waals surface area (Å²) in [6.45, 7) is 1.92. The first-order valence-corrected chi connectivity index (χ1v) is 6.75. The second kappa shape index (κ2) is 6.18. The monoisotopic (exact) mass is 232 g/mol. The summed E-state index contributed by atoms with van der Waals surface area (Å²) in [4.78, 5) is 2.46. The predicted molar refractivity (Wildman–Crippen MR) is 73.0 cm³/mol. The van der Waals surface area contributed by atoms with Crippen molar-refractivity contribution in [3.63, 3.8) is 0 Å². The number of hydrogen-bond donors (Lipinski definition) is 1. The highest BCUT2D eigenvalue weighted by atomic mass is 15.1. The Kier molecular flexibility index (Phi) is 4.57.